The van der Waals surface area contributed by atoms with E-state index in [2.05, 4.69) is 21.2 Å². The number of para-hydroxylation sites is 1. The first-order valence-corrected chi connectivity index (χ1v) is 11.3. The number of hydrogen-bond donors (Lipinski definition) is 3. The number of hydrazone groups is 1. The molecule has 9 heteroatoms. The molecule has 1 aliphatic carbocycles. The highest BCUT2D eigenvalue weighted by atomic mass is 35.5. The average molecular weight is 475 g/mol. The van der Waals surface area contributed by atoms with Crippen LogP contribution in [0.15, 0.2) is 47.6 Å². The average Bonchev–Trinajstić information content (AvgIpc) is 2.80. The van der Waals surface area contributed by atoms with Crippen molar-refractivity contribution < 1.29 is 14.3 Å². The second kappa shape index (κ2) is 12.3. The third kappa shape index (κ3) is 7.39. The van der Waals surface area contributed by atoms with E-state index in [0.29, 0.717) is 33.4 Å². The van der Waals surface area contributed by atoms with Crippen LogP contribution in [-0.2, 0) is 4.79 Å². The van der Waals surface area contributed by atoms with Crippen LogP contribution < -0.4 is 25.5 Å². The number of ether oxygens (including phenoxy) is 2. The number of anilines is 1. The van der Waals surface area contributed by atoms with Crippen LogP contribution in [0.1, 0.15) is 37.7 Å². The van der Waals surface area contributed by atoms with Crippen molar-refractivity contribution in [3.8, 4) is 11.5 Å². The molecular formula is C23H27ClN4O3S. The molecule has 0 heterocycles. The fourth-order valence-electron chi connectivity index (χ4n) is 3.41. The molecule has 3 rings (SSSR count). The molecule has 7 nitrogen and oxygen atoms in total. The Balaban J connectivity index is 1.50. The number of carbonyl (C=O) groups is 1. The minimum Gasteiger partial charge on any atom is -0.493 e. The van der Waals surface area contributed by atoms with Gasteiger partial charge in [-0.25, -0.2) is 0 Å². The molecule has 32 heavy (non-hydrogen) atoms. The van der Waals surface area contributed by atoms with Gasteiger partial charge in [0.15, 0.2) is 23.2 Å². The molecule has 0 aromatic heterocycles. The molecule has 0 aliphatic heterocycles. The first-order valence-electron chi connectivity index (χ1n) is 10.5. The summed E-state index contributed by atoms with van der Waals surface area (Å²) in [5, 5.41) is 11.2. The number of carbonyl (C=O) groups excluding carboxylic acids is 1. The molecule has 2 aromatic carbocycles. The fraction of sp³-hybridized carbons (Fsp3) is 0.348. The van der Waals surface area contributed by atoms with Crippen LogP contribution in [0.25, 0.3) is 0 Å². The van der Waals surface area contributed by atoms with E-state index in [4.69, 9.17) is 33.3 Å². The molecule has 0 radical (unpaired) electrons. The monoisotopic (exact) mass is 474 g/mol. The molecule has 2 aromatic rings. The van der Waals surface area contributed by atoms with E-state index in [1.165, 1.54) is 26.4 Å². The predicted octanol–water partition coefficient (Wildman–Crippen LogP) is 4.50. The lowest BCUT2D eigenvalue weighted by Crippen LogP contribution is -2.40. The van der Waals surface area contributed by atoms with Crippen molar-refractivity contribution in [2.24, 2.45) is 5.10 Å². The zero-order valence-electron chi connectivity index (χ0n) is 17.9. The fourth-order valence-corrected chi connectivity index (χ4v) is 3.81. The zero-order chi connectivity index (χ0) is 22.8. The molecule has 0 atom stereocenters. The van der Waals surface area contributed by atoms with E-state index >= 15 is 0 Å². The molecule has 0 bridgehead atoms. The second-order valence-electron chi connectivity index (χ2n) is 7.41. The number of methoxy groups -OCH3 is 1. The van der Waals surface area contributed by atoms with Crippen molar-refractivity contribution in [3.63, 3.8) is 0 Å². The maximum Gasteiger partial charge on any atom is 0.262 e. The quantitative estimate of drug-likeness (QED) is 0.297. The first kappa shape index (κ1) is 23.8. The topological polar surface area (TPSA) is 84.0 Å². The van der Waals surface area contributed by atoms with E-state index in [9.17, 15) is 4.79 Å². The number of rotatable bonds is 8. The standard InChI is InChI=1S/C23H27ClN4O3S/c1-30-21-13-16(14-25-28-23(32)26-17-7-3-2-4-8-17)11-12-20(21)31-15-22(29)27-19-10-6-5-9-18(19)24/h5-6,9-14,17H,2-4,7-8,15H2,1H3,(H,27,29)(H2,26,28,32)/b25-14+. The van der Waals surface area contributed by atoms with Gasteiger partial charge in [0.25, 0.3) is 5.91 Å². The van der Waals surface area contributed by atoms with Crippen LogP contribution in [0.5, 0.6) is 11.5 Å². The maximum absolute atomic E-state index is 12.2. The van der Waals surface area contributed by atoms with Crippen molar-refractivity contribution in [1.82, 2.24) is 10.7 Å². The highest BCUT2D eigenvalue weighted by molar-refractivity contribution is 7.80. The normalized spacial score (nSPS) is 14.1. The maximum atomic E-state index is 12.2. The first-order chi connectivity index (χ1) is 15.5. The predicted molar refractivity (Wildman–Crippen MR) is 132 cm³/mol. The third-order valence-electron chi connectivity index (χ3n) is 5.01. The molecule has 1 aliphatic rings. The summed E-state index contributed by atoms with van der Waals surface area (Å²) in [6.07, 6.45) is 7.69. The van der Waals surface area contributed by atoms with Gasteiger partial charge in [0.2, 0.25) is 0 Å². The second-order valence-corrected chi connectivity index (χ2v) is 8.22. The highest BCUT2D eigenvalue weighted by Crippen LogP contribution is 2.28. The molecule has 1 saturated carbocycles. The van der Waals surface area contributed by atoms with Gasteiger partial charge >= 0.3 is 0 Å². The summed E-state index contributed by atoms with van der Waals surface area (Å²) in [5.41, 5.74) is 4.18. The van der Waals surface area contributed by atoms with Crippen molar-refractivity contribution in [2.45, 2.75) is 38.1 Å². The minimum absolute atomic E-state index is 0.183. The molecule has 0 spiro atoms. The van der Waals surface area contributed by atoms with Crippen LogP contribution in [0.4, 0.5) is 5.69 Å². The minimum atomic E-state index is -0.325. The van der Waals surface area contributed by atoms with Crippen molar-refractivity contribution in [1.29, 1.82) is 0 Å². The number of nitrogens with zero attached hydrogens (tertiary/aromatic N) is 1. The van der Waals surface area contributed by atoms with Crippen LogP contribution >= 0.6 is 23.8 Å². The van der Waals surface area contributed by atoms with E-state index < -0.39 is 0 Å². The van der Waals surface area contributed by atoms with Crippen LogP contribution in [0.3, 0.4) is 0 Å². The van der Waals surface area contributed by atoms with Gasteiger partial charge in [0.05, 0.1) is 24.0 Å². The molecule has 0 unspecified atom stereocenters. The molecule has 1 fully saturated rings. The molecular weight excluding hydrogens is 448 g/mol. The van der Waals surface area contributed by atoms with Gasteiger partial charge in [-0.2, -0.15) is 5.10 Å². The molecule has 170 valence electrons. The number of halogens is 1. The Kier molecular flexibility index (Phi) is 9.13. The zero-order valence-corrected chi connectivity index (χ0v) is 19.5. The van der Waals surface area contributed by atoms with Crippen molar-refractivity contribution in [3.05, 3.63) is 53.1 Å². The van der Waals surface area contributed by atoms with E-state index in [0.717, 1.165) is 18.4 Å². The number of nitrogens with one attached hydrogen (secondary N) is 3. The Morgan fingerprint density at radius 1 is 1.19 bits per heavy atom. The van der Waals surface area contributed by atoms with Gasteiger partial charge in [-0.15, -0.1) is 0 Å². The van der Waals surface area contributed by atoms with Gasteiger partial charge in [-0.05, 0) is 61.0 Å². The van der Waals surface area contributed by atoms with Crippen molar-refractivity contribution >= 4 is 46.7 Å². The Morgan fingerprint density at radius 2 is 1.97 bits per heavy atom. The Labute approximate surface area is 198 Å². The van der Waals surface area contributed by atoms with Gasteiger partial charge in [-0.3, -0.25) is 10.2 Å². The summed E-state index contributed by atoms with van der Waals surface area (Å²) in [4.78, 5) is 12.2. The van der Waals surface area contributed by atoms with Gasteiger partial charge < -0.3 is 20.1 Å². The lowest BCUT2D eigenvalue weighted by atomic mass is 9.96. The van der Waals surface area contributed by atoms with E-state index in [1.54, 1.807) is 42.6 Å². The Hall–Kier alpha value is -2.84. The largest absolute Gasteiger partial charge is 0.493 e. The number of thiocarbonyl (C=S) groups is 1. The van der Waals surface area contributed by atoms with Crippen LogP contribution in [0, 0.1) is 0 Å². The van der Waals surface area contributed by atoms with Gasteiger partial charge in [-0.1, -0.05) is 43.0 Å². The lowest BCUT2D eigenvalue weighted by Gasteiger charge is -2.23. The van der Waals surface area contributed by atoms with Crippen LogP contribution in [-0.4, -0.2) is 37.0 Å². The van der Waals surface area contributed by atoms with E-state index in [-0.39, 0.29) is 12.5 Å². The Bertz CT molecular complexity index is 964. The summed E-state index contributed by atoms with van der Waals surface area (Å²) < 4.78 is 11.0. The summed E-state index contributed by atoms with van der Waals surface area (Å²) in [6, 6.07) is 12.7. The van der Waals surface area contributed by atoms with Gasteiger partial charge in [0, 0.05) is 6.04 Å². The smallest absolute Gasteiger partial charge is 0.262 e. The summed E-state index contributed by atoms with van der Waals surface area (Å²) in [7, 11) is 1.54. The summed E-state index contributed by atoms with van der Waals surface area (Å²) >= 11 is 11.4. The van der Waals surface area contributed by atoms with E-state index in [1.807, 2.05) is 6.07 Å². The number of benzene rings is 2. The Morgan fingerprint density at radius 3 is 2.72 bits per heavy atom. The number of amides is 1. The third-order valence-corrected chi connectivity index (χ3v) is 5.55. The summed E-state index contributed by atoms with van der Waals surface area (Å²) in [5.74, 6) is 0.609. The summed E-state index contributed by atoms with van der Waals surface area (Å²) in [6.45, 7) is -0.183. The number of hydrogen-bond acceptors (Lipinski definition) is 5. The lowest BCUT2D eigenvalue weighted by molar-refractivity contribution is -0.118. The van der Waals surface area contributed by atoms with Crippen molar-refractivity contribution in [2.75, 3.05) is 19.0 Å². The SMILES string of the molecule is COc1cc(/C=N/NC(=S)NC2CCCCC2)ccc1OCC(=O)Nc1ccccc1Cl. The molecule has 0 saturated heterocycles. The highest BCUT2D eigenvalue weighted by Gasteiger charge is 2.13. The van der Waals surface area contributed by atoms with Gasteiger partial charge in [0.1, 0.15) is 0 Å². The van der Waals surface area contributed by atoms with Crippen LogP contribution in [0.2, 0.25) is 5.02 Å². The molecule has 1 amide bonds. The molecule has 3 N–H and O–H groups in total.